The highest BCUT2D eigenvalue weighted by Crippen LogP contribution is 2.24. The van der Waals surface area contributed by atoms with Crippen LogP contribution in [0.25, 0.3) is 0 Å². The third-order valence-corrected chi connectivity index (χ3v) is 7.39. The first-order chi connectivity index (χ1) is 17.6. The lowest BCUT2D eigenvalue weighted by molar-refractivity contribution is -0.228. The molecule has 9 nitrogen and oxygen atoms in total. The molecule has 3 unspecified atom stereocenters. The average Bonchev–Trinajstić information content (AvgIpc) is 2.87. The zero-order valence-electron chi connectivity index (χ0n) is 23.0. The topological polar surface area (TPSA) is 160 Å². The van der Waals surface area contributed by atoms with Crippen LogP contribution in [0.4, 0.5) is 0 Å². The van der Waals surface area contributed by atoms with E-state index < -0.39 is 55.4 Å². The fourth-order valence-corrected chi connectivity index (χ4v) is 4.89. The highest BCUT2D eigenvalue weighted by atomic mass is 16.5. The van der Waals surface area contributed by atoms with E-state index in [0.29, 0.717) is 0 Å². The van der Waals surface area contributed by atoms with Gasteiger partial charge in [0.2, 0.25) is 5.91 Å². The quantitative estimate of drug-likeness (QED) is 0.0984. The Morgan fingerprint density at radius 3 is 1.95 bits per heavy atom. The Balaban J connectivity index is 2.50. The molecular formula is C28H53NO8. The highest BCUT2D eigenvalue weighted by Gasteiger charge is 2.42. The summed E-state index contributed by atoms with van der Waals surface area (Å²) in [7, 11) is 0. The van der Waals surface area contributed by atoms with Crippen LogP contribution in [0.3, 0.4) is 0 Å². The van der Waals surface area contributed by atoms with Gasteiger partial charge in [0.15, 0.2) is 0 Å². The van der Waals surface area contributed by atoms with E-state index in [0.717, 1.165) is 19.3 Å². The van der Waals surface area contributed by atoms with Crippen LogP contribution >= 0.6 is 0 Å². The van der Waals surface area contributed by atoms with Crippen molar-refractivity contribution in [2.24, 2.45) is 5.92 Å². The predicted molar refractivity (Wildman–Crippen MR) is 143 cm³/mol. The molecule has 1 heterocycles. The molecule has 1 aliphatic rings. The van der Waals surface area contributed by atoms with Gasteiger partial charge in [0.25, 0.3) is 0 Å². The van der Waals surface area contributed by atoms with Gasteiger partial charge in [0, 0.05) is 6.92 Å². The SMILES string of the molecule is CCCCCCCCCCCCC(C)[C@@H](O)[C@@H](O)[C@H](/C=C/C[C@H]1OC(CO)[C@H](O)[C@H](O)C1O)NC(C)=O. The summed E-state index contributed by atoms with van der Waals surface area (Å²) in [5.41, 5.74) is 0. The second-order valence-electron chi connectivity index (χ2n) is 10.7. The molecule has 1 saturated heterocycles. The zero-order chi connectivity index (χ0) is 27.8. The van der Waals surface area contributed by atoms with Gasteiger partial charge in [-0.15, -0.1) is 0 Å². The number of ether oxygens (including phenoxy) is 1. The van der Waals surface area contributed by atoms with E-state index in [4.69, 9.17) is 4.74 Å². The monoisotopic (exact) mass is 531 g/mol. The number of carbonyl (C=O) groups is 1. The maximum Gasteiger partial charge on any atom is 0.217 e. The first-order valence-electron chi connectivity index (χ1n) is 14.2. The van der Waals surface area contributed by atoms with Gasteiger partial charge >= 0.3 is 0 Å². The molecule has 0 radical (unpaired) electrons. The molecule has 37 heavy (non-hydrogen) atoms. The van der Waals surface area contributed by atoms with Gasteiger partial charge in [-0.3, -0.25) is 4.79 Å². The molecule has 1 amide bonds. The van der Waals surface area contributed by atoms with Gasteiger partial charge in [-0.1, -0.05) is 90.2 Å². The molecule has 9 atom stereocenters. The molecule has 0 spiro atoms. The minimum atomic E-state index is -1.46. The third-order valence-electron chi connectivity index (χ3n) is 7.39. The van der Waals surface area contributed by atoms with Gasteiger partial charge in [0.1, 0.15) is 30.5 Å². The van der Waals surface area contributed by atoms with Crippen molar-refractivity contribution in [3.05, 3.63) is 12.2 Å². The van der Waals surface area contributed by atoms with Crippen LogP contribution in [0.1, 0.15) is 97.8 Å². The number of hydrogen-bond acceptors (Lipinski definition) is 8. The number of amides is 1. The molecule has 0 aromatic heterocycles. The first kappa shape index (κ1) is 34.0. The van der Waals surface area contributed by atoms with Crippen LogP contribution in [-0.2, 0) is 9.53 Å². The molecule has 1 fully saturated rings. The van der Waals surface area contributed by atoms with Crippen molar-refractivity contribution in [1.82, 2.24) is 5.32 Å². The molecule has 9 heteroatoms. The van der Waals surface area contributed by atoms with E-state index in [1.54, 1.807) is 6.08 Å². The number of carbonyl (C=O) groups excluding carboxylic acids is 1. The fraction of sp³-hybridized carbons (Fsp3) is 0.893. The highest BCUT2D eigenvalue weighted by molar-refractivity contribution is 5.73. The molecule has 1 aliphatic heterocycles. The molecule has 0 aromatic carbocycles. The van der Waals surface area contributed by atoms with Gasteiger partial charge < -0.3 is 40.7 Å². The lowest BCUT2D eigenvalue weighted by Gasteiger charge is -2.39. The van der Waals surface area contributed by atoms with E-state index in [9.17, 15) is 35.4 Å². The molecule has 0 saturated carbocycles. The van der Waals surface area contributed by atoms with Gasteiger partial charge in [-0.25, -0.2) is 0 Å². The Bertz CT molecular complexity index is 631. The van der Waals surface area contributed by atoms with Crippen LogP contribution in [0.15, 0.2) is 12.2 Å². The molecule has 0 aliphatic carbocycles. The second kappa shape index (κ2) is 19.1. The summed E-state index contributed by atoms with van der Waals surface area (Å²) in [5, 5.41) is 63.6. The number of rotatable bonds is 19. The maximum atomic E-state index is 11.7. The summed E-state index contributed by atoms with van der Waals surface area (Å²) in [5.74, 6) is -0.518. The fourth-order valence-electron chi connectivity index (χ4n) is 4.89. The van der Waals surface area contributed by atoms with Crippen LogP contribution in [0, 0.1) is 5.92 Å². The van der Waals surface area contributed by atoms with Crippen LogP contribution < -0.4 is 5.32 Å². The summed E-state index contributed by atoms with van der Waals surface area (Å²) in [6.07, 6.45) is 7.87. The van der Waals surface area contributed by atoms with E-state index in [1.165, 1.54) is 64.4 Å². The lowest BCUT2D eigenvalue weighted by Crippen LogP contribution is -2.58. The molecular weight excluding hydrogens is 478 g/mol. The molecule has 218 valence electrons. The number of aliphatic hydroxyl groups is 6. The van der Waals surface area contributed by atoms with E-state index >= 15 is 0 Å². The Morgan fingerprint density at radius 2 is 1.41 bits per heavy atom. The van der Waals surface area contributed by atoms with Crippen molar-refractivity contribution in [3.63, 3.8) is 0 Å². The summed E-state index contributed by atoms with van der Waals surface area (Å²) < 4.78 is 5.48. The number of nitrogens with one attached hydrogen (secondary N) is 1. The van der Waals surface area contributed by atoms with Crippen molar-refractivity contribution in [2.75, 3.05) is 6.61 Å². The van der Waals surface area contributed by atoms with E-state index in [2.05, 4.69) is 12.2 Å². The standard InChI is InChI=1S/C28H53NO8/c1-4-5-6-7-8-9-10-11-12-13-15-19(2)24(32)25(33)21(29-20(3)31)16-14-17-22-26(34)28(36)27(35)23(18-30)37-22/h14,16,19,21-28,30,32-36H,4-13,15,17-18H2,1-3H3,(H,29,31)/b16-14+/t19?,21-,22+,23?,24+,25-,26?,27-,28+/m0/s1. The number of hydrogen-bond donors (Lipinski definition) is 7. The minimum absolute atomic E-state index is 0.106. The second-order valence-corrected chi connectivity index (χ2v) is 10.7. The predicted octanol–water partition coefficient (Wildman–Crippen LogP) is 1.95. The van der Waals surface area contributed by atoms with Crippen LogP contribution in [0.5, 0.6) is 0 Å². The molecule has 0 bridgehead atoms. The summed E-state index contributed by atoms with van der Waals surface area (Å²) in [6, 6.07) is -0.854. The van der Waals surface area contributed by atoms with Crippen molar-refractivity contribution < 1.29 is 40.2 Å². The maximum absolute atomic E-state index is 11.7. The first-order valence-corrected chi connectivity index (χ1v) is 14.2. The van der Waals surface area contributed by atoms with Crippen LogP contribution in [-0.4, -0.2) is 91.9 Å². The summed E-state index contributed by atoms with van der Waals surface area (Å²) >= 11 is 0. The minimum Gasteiger partial charge on any atom is -0.394 e. The average molecular weight is 532 g/mol. The number of aliphatic hydroxyl groups excluding tert-OH is 6. The van der Waals surface area contributed by atoms with E-state index in [1.807, 2.05) is 6.92 Å². The van der Waals surface area contributed by atoms with Crippen molar-refractivity contribution in [1.29, 1.82) is 0 Å². The third kappa shape index (κ3) is 12.6. The van der Waals surface area contributed by atoms with Gasteiger partial charge in [-0.05, 0) is 18.8 Å². The normalized spacial score (nSPS) is 27.6. The number of unbranched alkanes of at least 4 members (excludes halogenated alkanes) is 9. The largest absolute Gasteiger partial charge is 0.394 e. The Labute approximate surface area is 222 Å². The van der Waals surface area contributed by atoms with Crippen molar-refractivity contribution in [2.45, 2.75) is 147 Å². The lowest BCUT2D eigenvalue weighted by atomic mass is 9.90. The Morgan fingerprint density at radius 1 is 0.865 bits per heavy atom. The molecule has 7 N–H and O–H groups in total. The molecule has 0 aromatic rings. The smallest absolute Gasteiger partial charge is 0.217 e. The van der Waals surface area contributed by atoms with E-state index in [-0.39, 0.29) is 18.2 Å². The summed E-state index contributed by atoms with van der Waals surface area (Å²) in [6.45, 7) is 4.93. The van der Waals surface area contributed by atoms with Crippen molar-refractivity contribution in [3.8, 4) is 0 Å². The molecule has 1 rings (SSSR count). The Kier molecular flexibility index (Phi) is 17.5. The summed E-state index contributed by atoms with van der Waals surface area (Å²) in [4.78, 5) is 11.7. The zero-order valence-corrected chi connectivity index (χ0v) is 23.0. The van der Waals surface area contributed by atoms with Gasteiger partial charge in [-0.2, -0.15) is 0 Å². The van der Waals surface area contributed by atoms with Gasteiger partial charge in [0.05, 0.1) is 24.9 Å². The Hall–Kier alpha value is -1.07. The van der Waals surface area contributed by atoms with Crippen molar-refractivity contribution >= 4 is 5.91 Å². The van der Waals surface area contributed by atoms with Crippen LogP contribution in [0.2, 0.25) is 0 Å².